The third-order valence-electron chi connectivity index (χ3n) is 1.16. The van der Waals surface area contributed by atoms with E-state index in [1.165, 1.54) is 6.08 Å². The molecular weight excluding hydrogens is 98.1 g/mol. The van der Waals surface area contributed by atoms with Crippen LogP contribution in [-0.2, 0) is 0 Å². The van der Waals surface area contributed by atoms with E-state index in [9.17, 15) is 8.78 Å². The van der Waals surface area contributed by atoms with Gasteiger partial charge in [0, 0.05) is 12.3 Å². The standard InChI is InChI=1S/C5H6F2/c1-2-4-3-5(4,6)7/h2,4H,1,3H2/t4-/m1/s1. The van der Waals surface area contributed by atoms with Gasteiger partial charge >= 0.3 is 0 Å². The summed E-state index contributed by atoms with van der Waals surface area (Å²) in [5.74, 6) is -2.92. The fourth-order valence-corrected chi connectivity index (χ4v) is 0.490. The molecule has 0 aromatic rings. The topological polar surface area (TPSA) is 0 Å². The number of alkyl halides is 2. The Bertz CT molecular complexity index is 96.3. The van der Waals surface area contributed by atoms with Gasteiger partial charge in [-0.05, 0) is 0 Å². The maximum atomic E-state index is 11.7. The van der Waals surface area contributed by atoms with Crippen LogP contribution in [0.25, 0.3) is 0 Å². The molecule has 1 aliphatic rings. The number of halogens is 2. The second kappa shape index (κ2) is 1.05. The van der Waals surface area contributed by atoms with Crippen LogP contribution in [0.3, 0.4) is 0 Å². The van der Waals surface area contributed by atoms with Gasteiger partial charge < -0.3 is 0 Å². The third kappa shape index (κ3) is 0.646. The molecule has 0 aliphatic heterocycles. The van der Waals surface area contributed by atoms with Crippen molar-refractivity contribution in [1.82, 2.24) is 0 Å². The summed E-state index contributed by atoms with van der Waals surface area (Å²) in [5.41, 5.74) is 0. The summed E-state index contributed by atoms with van der Waals surface area (Å²) in [6, 6.07) is 0. The van der Waals surface area contributed by atoms with E-state index in [2.05, 4.69) is 6.58 Å². The minimum absolute atomic E-state index is 0.0104. The smallest absolute Gasteiger partial charge is 0.206 e. The van der Waals surface area contributed by atoms with Crippen molar-refractivity contribution in [2.45, 2.75) is 12.3 Å². The van der Waals surface area contributed by atoms with Crippen LogP contribution in [0.2, 0.25) is 0 Å². The van der Waals surface area contributed by atoms with E-state index in [1.54, 1.807) is 0 Å². The summed E-state index contributed by atoms with van der Waals surface area (Å²) in [6.45, 7) is 3.24. The average molecular weight is 104 g/mol. The van der Waals surface area contributed by atoms with E-state index in [1.807, 2.05) is 0 Å². The molecule has 0 amide bonds. The van der Waals surface area contributed by atoms with Crippen molar-refractivity contribution in [3.05, 3.63) is 12.7 Å². The van der Waals surface area contributed by atoms with Gasteiger partial charge in [0.1, 0.15) is 0 Å². The van der Waals surface area contributed by atoms with Crippen LogP contribution in [0.5, 0.6) is 0 Å². The van der Waals surface area contributed by atoms with Gasteiger partial charge in [-0.1, -0.05) is 6.08 Å². The Morgan fingerprint density at radius 1 is 1.71 bits per heavy atom. The molecule has 0 unspecified atom stereocenters. The van der Waals surface area contributed by atoms with Gasteiger partial charge in [-0.2, -0.15) is 0 Å². The van der Waals surface area contributed by atoms with E-state index in [0.717, 1.165) is 0 Å². The van der Waals surface area contributed by atoms with Crippen molar-refractivity contribution < 1.29 is 8.78 Å². The monoisotopic (exact) mass is 104 g/mol. The Morgan fingerprint density at radius 2 is 2.14 bits per heavy atom. The molecule has 0 aromatic carbocycles. The van der Waals surface area contributed by atoms with Gasteiger partial charge in [-0.3, -0.25) is 0 Å². The second-order valence-electron chi connectivity index (χ2n) is 1.81. The van der Waals surface area contributed by atoms with Crippen molar-refractivity contribution in [2.24, 2.45) is 5.92 Å². The van der Waals surface area contributed by atoms with E-state index < -0.39 is 11.8 Å². The summed E-state index contributed by atoms with van der Waals surface area (Å²) >= 11 is 0. The van der Waals surface area contributed by atoms with Gasteiger partial charge in [-0.25, -0.2) is 8.78 Å². The molecule has 1 fully saturated rings. The molecule has 1 atom stereocenters. The second-order valence-corrected chi connectivity index (χ2v) is 1.81. The molecule has 0 radical (unpaired) electrons. The molecule has 0 bridgehead atoms. The van der Waals surface area contributed by atoms with Crippen molar-refractivity contribution in [1.29, 1.82) is 0 Å². The van der Waals surface area contributed by atoms with Crippen molar-refractivity contribution in [3.63, 3.8) is 0 Å². The van der Waals surface area contributed by atoms with E-state index in [-0.39, 0.29) is 6.42 Å². The lowest BCUT2D eigenvalue weighted by Crippen LogP contribution is -1.88. The lowest BCUT2D eigenvalue weighted by Gasteiger charge is -1.83. The fourth-order valence-electron chi connectivity index (χ4n) is 0.490. The fraction of sp³-hybridized carbons (Fsp3) is 0.600. The molecule has 0 nitrogen and oxygen atoms in total. The normalized spacial score (nSPS) is 34.9. The van der Waals surface area contributed by atoms with Crippen LogP contribution in [0.1, 0.15) is 6.42 Å². The highest BCUT2D eigenvalue weighted by Crippen LogP contribution is 2.48. The Morgan fingerprint density at radius 3 is 2.14 bits per heavy atom. The average Bonchev–Trinajstić information content (AvgIpc) is 2.13. The maximum absolute atomic E-state index is 11.7. The Labute approximate surface area is 40.8 Å². The molecule has 0 aromatic heterocycles. The van der Waals surface area contributed by atoms with Crippen LogP contribution in [0, 0.1) is 5.92 Å². The van der Waals surface area contributed by atoms with Crippen LogP contribution >= 0.6 is 0 Å². The molecule has 0 N–H and O–H groups in total. The highest BCUT2D eigenvalue weighted by atomic mass is 19.3. The Balaban J connectivity index is 2.44. The lowest BCUT2D eigenvalue weighted by atomic mass is 10.4. The molecule has 1 saturated carbocycles. The first kappa shape index (κ1) is 4.75. The van der Waals surface area contributed by atoms with E-state index >= 15 is 0 Å². The van der Waals surface area contributed by atoms with Gasteiger partial charge in [0.05, 0.1) is 0 Å². The molecule has 40 valence electrons. The molecule has 0 heterocycles. The van der Waals surface area contributed by atoms with Gasteiger partial charge in [0.2, 0.25) is 0 Å². The number of rotatable bonds is 1. The van der Waals surface area contributed by atoms with E-state index in [0.29, 0.717) is 0 Å². The third-order valence-corrected chi connectivity index (χ3v) is 1.16. The molecule has 0 spiro atoms. The summed E-state index contributed by atoms with van der Waals surface area (Å²) in [5, 5.41) is 0. The first-order chi connectivity index (χ1) is 3.17. The summed E-state index contributed by atoms with van der Waals surface area (Å²) in [7, 11) is 0. The molecule has 1 rings (SSSR count). The Hall–Kier alpha value is -0.400. The predicted molar refractivity (Wildman–Crippen MR) is 23.3 cm³/mol. The van der Waals surface area contributed by atoms with Crippen molar-refractivity contribution >= 4 is 0 Å². The number of allylic oxidation sites excluding steroid dienone is 1. The number of hydrogen-bond donors (Lipinski definition) is 0. The molecular formula is C5H6F2. The van der Waals surface area contributed by atoms with Crippen LogP contribution in [-0.4, -0.2) is 5.92 Å². The minimum Gasteiger partial charge on any atom is -0.206 e. The van der Waals surface area contributed by atoms with Gasteiger partial charge in [0.15, 0.2) is 0 Å². The zero-order valence-corrected chi connectivity index (χ0v) is 3.82. The van der Waals surface area contributed by atoms with E-state index in [4.69, 9.17) is 0 Å². The largest absolute Gasteiger partial charge is 0.255 e. The number of hydrogen-bond acceptors (Lipinski definition) is 0. The van der Waals surface area contributed by atoms with Gasteiger partial charge in [0.25, 0.3) is 5.92 Å². The molecule has 0 saturated heterocycles. The zero-order valence-electron chi connectivity index (χ0n) is 3.82. The SMILES string of the molecule is C=C[C@@H]1CC1(F)F. The lowest BCUT2D eigenvalue weighted by molar-refractivity contribution is 0.107. The maximum Gasteiger partial charge on any atom is 0.255 e. The van der Waals surface area contributed by atoms with Gasteiger partial charge in [-0.15, -0.1) is 6.58 Å². The summed E-state index contributed by atoms with van der Waals surface area (Å²) in [6.07, 6.45) is 1.32. The van der Waals surface area contributed by atoms with Crippen LogP contribution < -0.4 is 0 Å². The first-order valence-corrected chi connectivity index (χ1v) is 2.17. The quantitative estimate of drug-likeness (QED) is 0.445. The highest BCUT2D eigenvalue weighted by molar-refractivity contribution is 5.04. The molecule has 2 heteroatoms. The van der Waals surface area contributed by atoms with Crippen LogP contribution in [0.15, 0.2) is 12.7 Å². The molecule has 7 heavy (non-hydrogen) atoms. The van der Waals surface area contributed by atoms with Crippen molar-refractivity contribution in [2.75, 3.05) is 0 Å². The molecule has 1 aliphatic carbocycles. The first-order valence-electron chi connectivity index (χ1n) is 2.17. The Kier molecular flexibility index (Phi) is 0.716. The summed E-state index contributed by atoms with van der Waals surface area (Å²) in [4.78, 5) is 0. The zero-order chi connectivity index (χ0) is 5.49. The van der Waals surface area contributed by atoms with Crippen LogP contribution in [0.4, 0.5) is 8.78 Å². The van der Waals surface area contributed by atoms with Crippen molar-refractivity contribution in [3.8, 4) is 0 Å². The summed E-state index contributed by atoms with van der Waals surface area (Å²) < 4.78 is 23.5. The predicted octanol–water partition coefficient (Wildman–Crippen LogP) is 1.83. The highest BCUT2D eigenvalue weighted by Gasteiger charge is 2.54. The minimum atomic E-state index is -2.40.